The van der Waals surface area contributed by atoms with Crippen molar-refractivity contribution in [2.24, 2.45) is 5.92 Å². The Hall–Kier alpha value is -3.81. The van der Waals surface area contributed by atoms with Crippen molar-refractivity contribution in [2.75, 3.05) is 6.54 Å². The lowest BCUT2D eigenvalue weighted by Crippen LogP contribution is -2.25. The number of ether oxygens (including phenoxy) is 1. The van der Waals surface area contributed by atoms with Crippen molar-refractivity contribution >= 4 is 11.9 Å². The van der Waals surface area contributed by atoms with Gasteiger partial charge in [-0.1, -0.05) is 20.8 Å². The molecule has 0 saturated carbocycles. The van der Waals surface area contributed by atoms with Crippen LogP contribution in [-0.4, -0.2) is 38.6 Å². The monoisotopic (exact) mass is 463 g/mol. The van der Waals surface area contributed by atoms with E-state index in [1.165, 1.54) is 6.07 Å². The van der Waals surface area contributed by atoms with Crippen molar-refractivity contribution in [1.82, 2.24) is 15.1 Å². The van der Waals surface area contributed by atoms with E-state index < -0.39 is 17.3 Å². The first-order valence-electron chi connectivity index (χ1n) is 11.2. The second-order valence-electron chi connectivity index (χ2n) is 8.95. The summed E-state index contributed by atoms with van der Waals surface area (Å²) < 4.78 is 20.4. The van der Waals surface area contributed by atoms with Crippen LogP contribution in [-0.2, 0) is 11.3 Å². The van der Waals surface area contributed by atoms with Crippen molar-refractivity contribution in [1.29, 1.82) is 0 Å². The highest BCUT2D eigenvalue weighted by atomic mass is 19.1. The van der Waals surface area contributed by atoms with Crippen molar-refractivity contribution in [3.8, 4) is 22.8 Å². The number of hydrogen-bond donors (Lipinski definition) is 1. The minimum atomic E-state index is -1.39. The lowest BCUT2D eigenvalue weighted by molar-refractivity contribution is -0.128. The van der Waals surface area contributed by atoms with Gasteiger partial charge in [-0.05, 0) is 60.4 Å². The van der Waals surface area contributed by atoms with E-state index in [-0.39, 0.29) is 30.0 Å². The van der Waals surface area contributed by atoms with Gasteiger partial charge in [0.05, 0.1) is 17.0 Å². The molecule has 7 nitrogen and oxygen atoms in total. The maximum absolute atomic E-state index is 14.4. The number of benzene rings is 2. The standard InChI is InChI=1S/C26H26FN3O4/c1-15(2)22-8-9-23(29-28-22)17-4-6-19(7-5-17)34-24-12-20(26(32)33)21(27)11-18(24)14-30-13-16(3)10-25(30)31/h4-9,11-12,15-16H,10,13-14H2,1-3H3,(H,32,33)/t16-/m0/s1. The quantitative estimate of drug-likeness (QED) is 0.513. The Labute approximate surface area is 197 Å². The summed E-state index contributed by atoms with van der Waals surface area (Å²) in [5.41, 5.74) is 2.39. The van der Waals surface area contributed by atoms with Gasteiger partial charge in [0.2, 0.25) is 5.91 Å². The molecule has 0 spiro atoms. The number of rotatable bonds is 7. The maximum Gasteiger partial charge on any atom is 0.338 e. The van der Waals surface area contributed by atoms with Gasteiger partial charge in [-0.2, -0.15) is 10.2 Å². The van der Waals surface area contributed by atoms with E-state index in [2.05, 4.69) is 24.0 Å². The number of halogens is 1. The number of carboxylic acid groups (broad SMARTS) is 1. The molecule has 8 heteroatoms. The van der Waals surface area contributed by atoms with Gasteiger partial charge in [-0.15, -0.1) is 0 Å². The van der Waals surface area contributed by atoms with Gasteiger partial charge in [-0.25, -0.2) is 9.18 Å². The van der Waals surface area contributed by atoms with Crippen LogP contribution in [0.1, 0.15) is 54.7 Å². The number of carbonyl (C=O) groups excluding carboxylic acids is 1. The third-order valence-electron chi connectivity index (χ3n) is 5.80. The summed E-state index contributed by atoms with van der Waals surface area (Å²) in [5, 5.41) is 17.9. The van der Waals surface area contributed by atoms with Crippen molar-refractivity contribution in [3.05, 3.63) is 71.2 Å². The Morgan fingerprint density at radius 2 is 1.91 bits per heavy atom. The fourth-order valence-electron chi connectivity index (χ4n) is 3.93. The molecule has 0 aliphatic carbocycles. The van der Waals surface area contributed by atoms with Crippen LogP contribution in [0.5, 0.6) is 11.5 Å². The Morgan fingerprint density at radius 3 is 2.47 bits per heavy atom. The van der Waals surface area contributed by atoms with Crippen molar-refractivity contribution in [3.63, 3.8) is 0 Å². The highest BCUT2D eigenvalue weighted by Gasteiger charge is 2.28. The molecule has 1 saturated heterocycles. The van der Waals surface area contributed by atoms with Gasteiger partial charge < -0.3 is 14.7 Å². The molecule has 1 amide bonds. The molecule has 176 valence electrons. The number of likely N-dealkylation sites (tertiary alicyclic amines) is 1. The molecule has 0 unspecified atom stereocenters. The highest BCUT2D eigenvalue weighted by Crippen LogP contribution is 2.32. The van der Waals surface area contributed by atoms with Crippen LogP contribution in [0.25, 0.3) is 11.3 Å². The Morgan fingerprint density at radius 1 is 1.18 bits per heavy atom. The molecule has 3 aromatic rings. The van der Waals surface area contributed by atoms with Crippen LogP contribution in [0.2, 0.25) is 0 Å². The molecule has 2 heterocycles. The van der Waals surface area contributed by atoms with Crippen LogP contribution in [0.4, 0.5) is 4.39 Å². The van der Waals surface area contributed by atoms with Crippen LogP contribution in [0, 0.1) is 11.7 Å². The summed E-state index contributed by atoms with van der Waals surface area (Å²) in [7, 11) is 0. The third-order valence-corrected chi connectivity index (χ3v) is 5.80. The van der Waals surface area contributed by atoms with Gasteiger partial charge in [0.15, 0.2) is 0 Å². The summed E-state index contributed by atoms with van der Waals surface area (Å²) in [6.45, 7) is 6.79. The molecular formula is C26H26FN3O4. The zero-order valence-corrected chi connectivity index (χ0v) is 19.3. The lowest BCUT2D eigenvalue weighted by atomic mass is 10.1. The number of aromatic carboxylic acids is 1. The fraction of sp³-hybridized carbons (Fsp3) is 0.308. The predicted molar refractivity (Wildman–Crippen MR) is 124 cm³/mol. The van der Waals surface area contributed by atoms with Crippen molar-refractivity contribution in [2.45, 2.75) is 39.7 Å². The second kappa shape index (κ2) is 9.59. The molecule has 34 heavy (non-hydrogen) atoms. The molecule has 2 aromatic carbocycles. The van der Waals surface area contributed by atoms with E-state index in [0.717, 1.165) is 17.3 Å². The first-order valence-corrected chi connectivity index (χ1v) is 11.2. The number of aromatic nitrogens is 2. The SMILES string of the molecule is CC(C)c1ccc(-c2ccc(Oc3cc(C(=O)O)c(F)cc3CN3C[C@@H](C)CC3=O)cc2)nn1. The molecule has 1 aliphatic rings. The minimum Gasteiger partial charge on any atom is -0.478 e. The first-order chi connectivity index (χ1) is 16.2. The van der Waals surface area contributed by atoms with E-state index in [4.69, 9.17) is 4.74 Å². The Bertz CT molecular complexity index is 1210. The average Bonchev–Trinajstić information content (AvgIpc) is 3.12. The van der Waals surface area contributed by atoms with E-state index in [9.17, 15) is 19.1 Å². The van der Waals surface area contributed by atoms with E-state index in [0.29, 0.717) is 30.0 Å². The molecule has 1 N–H and O–H groups in total. The highest BCUT2D eigenvalue weighted by molar-refractivity contribution is 5.88. The summed E-state index contributed by atoms with van der Waals surface area (Å²) in [5.74, 6) is -1.13. The summed E-state index contributed by atoms with van der Waals surface area (Å²) in [6, 6.07) is 13.2. The fourth-order valence-corrected chi connectivity index (χ4v) is 3.93. The molecule has 4 rings (SSSR count). The lowest BCUT2D eigenvalue weighted by Gasteiger charge is -2.19. The molecule has 0 bridgehead atoms. The minimum absolute atomic E-state index is 0.0184. The molecule has 1 fully saturated rings. The van der Waals surface area contributed by atoms with Crippen LogP contribution < -0.4 is 4.74 Å². The summed E-state index contributed by atoms with van der Waals surface area (Å²) >= 11 is 0. The average molecular weight is 464 g/mol. The molecule has 1 atom stereocenters. The number of hydrogen-bond acceptors (Lipinski definition) is 5. The van der Waals surface area contributed by atoms with Gasteiger partial charge >= 0.3 is 5.97 Å². The predicted octanol–water partition coefficient (Wildman–Crippen LogP) is 5.27. The summed E-state index contributed by atoms with van der Waals surface area (Å²) in [4.78, 5) is 25.3. The molecule has 1 aromatic heterocycles. The zero-order chi connectivity index (χ0) is 24.4. The van der Waals surface area contributed by atoms with E-state index >= 15 is 0 Å². The number of carbonyl (C=O) groups is 2. The number of nitrogens with zero attached hydrogens (tertiary/aromatic N) is 3. The summed E-state index contributed by atoms with van der Waals surface area (Å²) in [6.07, 6.45) is 0.439. The van der Waals surface area contributed by atoms with Gasteiger partial charge in [0.25, 0.3) is 0 Å². The van der Waals surface area contributed by atoms with E-state index in [1.807, 2.05) is 31.2 Å². The van der Waals surface area contributed by atoms with E-state index in [1.54, 1.807) is 17.0 Å². The van der Waals surface area contributed by atoms with Gasteiger partial charge in [0.1, 0.15) is 17.3 Å². The Balaban J connectivity index is 1.59. The third kappa shape index (κ3) is 5.06. The normalized spacial score (nSPS) is 15.7. The molecule has 1 aliphatic heterocycles. The molecule has 0 radical (unpaired) electrons. The zero-order valence-electron chi connectivity index (χ0n) is 19.3. The van der Waals surface area contributed by atoms with Crippen LogP contribution >= 0.6 is 0 Å². The topological polar surface area (TPSA) is 92.6 Å². The van der Waals surface area contributed by atoms with Crippen molar-refractivity contribution < 1.29 is 23.8 Å². The van der Waals surface area contributed by atoms with Gasteiger partial charge in [-0.3, -0.25) is 4.79 Å². The largest absolute Gasteiger partial charge is 0.478 e. The maximum atomic E-state index is 14.4. The number of amides is 1. The second-order valence-corrected chi connectivity index (χ2v) is 8.95. The van der Waals surface area contributed by atoms with Crippen LogP contribution in [0.15, 0.2) is 48.5 Å². The smallest absolute Gasteiger partial charge is 0.338 e. The molecular weight excluding hydrogens is 437 g/mol. The first kappa shape index (κ1) is 23.4. The van der Waals surface area contributed by atoms with Gasteiger partial charge in [0, 0.05) is 30.6 Å². The number of carboxylic acids is 1. The Kier molecular flexibility index (Phi) is 6.58. The van der Waals surface area contributed by atoms with Crippen LogP contribution in [0.3, 0.4) is 0 Å².